The van der Waals surface area contributed by atoms with Crippen LogP contribution in [0.5, 0.6) is 0 Å². The summed E-state index contributed by atoms with van der Waals surface area (Å²) in [7, 11) is 0. The van der Waals surface area contributed by atoms with Gasteiger partial charge in [-0.1, -0.05) is 34.1 Å². The van der Waals surface area contributed by atoms with Crippen LogP contribution in [0.4, 0.5) is 0 Å². The second-order valence-electron chi connectivity index (χ2n) is 6.13. The molecule has 0 heterocycles. The van der Waals surface area contributed by atoms with Crippen molar-refractivity contribution in [1.82, 2.24) is 5.32 Å². The molecule has 20 heavy (non-hydrogen) atoms. The number of nitrogens with one attached hydrogen (secondary N) is 1. The summed E-state index contributed by atoms with van der Waals surface area (Å²) in [5, 5.41) is 12.5. The van der Waals surface area contributed by atoms with Crippen LogP contribution >= 0.6 is 0 Å². The molecule has 116 valence electrons. The number of aliphatic carboxylic acids is 1. The molecule has 2 N–H and O–H groups in total. The third-order valence-electron chi connectivity index (χ3n) is 5.31. The van der Waals surface area contributed by atoms with Crippen molar-refractivity contribution in [3.63, 3.8) is 0 Å². The van der Waals surface area contributed by atoms with Crippen LogP contribution in [-0.4, -0.2) is 22.5 Å². The number of hydrogen-bond acceptors (Lipinski definition) is 2. The van der Waals surface area contributed by atoms with E-state index in [1.165, 1.54) is 0 Å². The summed E-state index contributed by atoms with van der Waals surface area (Å²) in [5.41, 5.74) is -0.176. The number of carboxylic acid groups (broad SMARTS) is 1. The highest BCUT2D eigenvalue weighted by Crippen LogP contribution is 2.39. The molecule has 4 nitrogen and oxygen atoms in total. The van der Waals surface area contributed by atoms with E-state index in [4.69, 9.17) is 0 Å². The van der Waals surface area contributed by atoms with Gasteiger partial charge >= 0.3 is 5.97 Å². The van der Waals surface area contributed by atoms with Crippen LogP contribution in [0, 0.1) is 17.8 Å². The van der Waals surface area contributed by atoms with Gasteiger partial charge in [0.05, 0.1) is 11.8 Å². The minimum absolute atomic E-state index is 0.0566. The maximum absolute atomic E-state index is 12.5. The molecule has 1 fully saturated rings. The molecule has 0 saturated heterocycles. The Labute approximate surface area is 122 Å². The zero-order valence-corrected chi connectivity index (χ0v) is 13.2. The van der Waals surface area contributed by atoms with Gasteiger partial charge in [0.2, 0.25) is 5.91 Å². The lowest BCUT2D eigenvalue weighted by atomic mass is 9.87. The van der Waals surface area contributed by atoms with Crippen LogP contribution in [0.2, 0.25) is 0 Å². The number of carbonyl (C=O) groups is 2. The predicted molar refractivity (Wildman–Crippen MR) is 79.4 cm³/mol. The SMILES string of the molecule is CCC1CC(C(=O)O)C(C(=O)NC(CC)(CC)CC)C1. The van der Waals surface area contributed by atoms with Crippen molar-refractivity contribution in [3.05, 3.63) is 0 Å². The minimum atomic E-state index is -0.823. The summed E-state index contributed by atoms with van der Waals surface area (Å²) >= 11 is 0. The van der Waals surface area contributed by atoms with E-state index >= 15 is 0 Å². The Morgan fingerprint density at radius 2 is 1.55 bits per heavy atom. The van der Waals surface area contributed by atoms with Crippen molar-refractivity contribution in [1.29, 1.82) is 0 Å². The molecule has 0 aromatic heterocycles. The molecule has 0 spiro atoms. The fraction of sp³-hybridized carbons (Fsp3) is 0.875. The summed E-state index contributed by atoms with van der Waals surface area (Å²) in [6.45, 7) is 8.29. The predicted octanol–water partition coefficient (Wildman–Crippen LogP) is 3.21. The molecule has 1 amide bonds. The zero-order valence-electron chi connectivity index (χ0n) is 13.2. The third kappa shape index (κ3) is 3.53. The summed E-state index contributed by atoms with van der Waals surface area (Å²) in [5.74, 6) is -1.38. The van der Waals surface area contributed by atoms with E-state index in [1.807, 2.05) is 0 Å². The van der Waals surface area contributed by atoms with Crippen molar-refractivity contribution >= 4 is 11.9 Å². The fourth-order valence-corrected chi connectivity index (χ4v) is 3.41. The molecule has 0 aromatic carbocycles. The van der Waals surface area contributed by atoms with Crippen molar-refractivity contribution in [2.45, 2.75) is 71.8 Å². The van der Waals surface area contributed by atoms with Gasteiger partial charge in [-0.15, -0.1) is 0 Å². The zero-order chi connectivity index (χ0) is 15.3. The van der Waals surface area contributed by atoms with Crippen LogP contribution in [-0.2, 0) is 9.59 Å². The quantitative estimate of drug-likeness (QED) is 0.754. The Kier molecular flexibility index (Phi) is 6.03. The first-order valence-corrected chi connectivity index (χ1v) is 7.97. The first-order chi connectivity index (χ1) is 9.42. The van der Waals surface area contributed by atoms with Crippen LogP contribution in [0.1, 0.15) is 66.2 Å². The Morgan fingerprint density at radius 1 is 1.05 bits per heavy atom. The lowest BCUT2D eigenvalue weighted by Crippen LogP contribution is -2.50. The molecular weight excluding hydrogens is 254 g/mol. The van der Waals surface area contributed by atoms with Gasteiger partial charge < -0.3 is 10.4 Å². The standard InChI is InChI=1S/C16H29NO3/c1-5-11-9-12(13(10-11)15(19)20)14(18)17-16(6-2,7-3)8-4/h11-13H,5-10H2,1-4H3,(H,17,18)(H,19,20). The molecule has 3 unspecified atom stereocenters. The van der Waals surface area contributed by atoms with E-state index in [0.717, 1.165) is 25.7 Å². The molecule has 0 bridgehead atoms. The van der Waals surface area contributed by atoms with E-state index in [9.17, 15) is 14.7 Å². The average molecular weight is 283 g/mol. The molecule has 0 aromatic rings. The lowest BCUT2D eigenvalue weighted by molar-refractivity contribution is -0.146. The monoisotopic (exact) mass is 283 g/mol. The maximum atomic E-state index is 12.5. The third-order valence-corrected chi connectivity index (χ3v) is 5.31. The van der Waals surface area contributed by atoms with Gasteiger partial charge in [-0.2, -0.15) is 0 Å². The Morgan fingerprint density at radius 3 is 1.95 bits per heavy atom. The molecule has 4 heteroatoms. The normalized spacial score (nSPS) is 26.5. The highest BCUT2D eigenvalue weighted by Gasteiger charge is 2.43. The van der Waals surface area contributed by atoms with E-state index in [0.29, 0.717) is 18.8 Å². The first-order valence-electron chi connectivity index (χ1n) is 7.97. The van der Waals surface area contributed by atoms with E-state index in [2.05, 4.69) is 33.0 Å². The smallest absolute Gasteiger partial charge is 0.307 e. The van der Waals surface area contributed by atoms with Gasteiger partial charge in [-0.25, -0.2) is 0 Å². The van der Waals surface area contributed by atoms with Gasteiger partial charge in [0, 0.05) is 5.54 Å². The highest BCUT2D eigenvalue weighted by atomic mass is 16.4. The molecule has 1 rings (SSSR count). The second kappa shape index (κ2) is 7.09. The molecule has 3 atom stereocenters. The van der Waals surface area contributed by atoms with E-state index < -0.39 is 11.9 Å². The van der Waals surface area contributed by atoms with Crippen molar-refractivity contribution in [3.8, 4) is 0 Å². The topological polar surface area (TPSA) is 66.4 Å². The Bertz CT molecular complexity index is 341. The number of rotatable bonds is 7. The van der Waals surface area contributed by atoms with Gasteiger partial charge in [0.15, 0.2) is 0 Å². The number of carboxylic acids is 1. The van der Waals surface area contributed by atoms with Crippen LogP contribution in [0.25, 0.3) is 0 Å². The van der Waals surface area contributed by atoms with E-state index in [-0.39, 0.29) is 17.4 Å². The van der Waals surface area contributed by atoms with Gasteiger partial charge in [0.1, 0.15) is 0 Å². The number of carbonyl (C=O) groups excluding carboxylic acids is 1. The summed E-state index contributed by atoms with van der Waals surface area (Å²) in [6, 6.07) is 0. The molecule has 1 aliphatic rings. The number of amides is 1. The molecule has 0 aliphatic heterocycles. The lowest BCUT2D eigenvalue weighted by Gasteiger charge is -2.33. The molecular formula is C16H29NO3. The minimum Gasteiger partial charge on any atom is -0.481 e. The fourth-order valence-electron chi connectivity index (χ4n) is 3.41. The van der Waals surface area contributed by atoms with E-state index in [1.54, 1.807) is 0 Å². The first kappa shape index (κ1) is 17.0. The van der Waals surface area contributed by atoms with Crippen LogP contribution in [0.3, 0.4) is 0 Å². The molecule has 1 aliphatic carbocycles. The van der Waals surface area contributed by atoms with Gasteiger partial charge in [0.25, 0.3) is 0 Å². The Balaban J connectivity index is 2.81. The number of hydrogen-bond donors (Lipinski definition) is 2. The van der Waals surface area contributed by atoms with Crippen molar-refractivity contribution in [2.75, 3.05) is 0 Å². The van der Waals surface area contributed by atoms with Crippen molar-refractivity contribution < 1.29 is 14.7 Å². The molecule has 0 radical (unpaired) electrons. The van der Waals surface area contributed by atoms with Gasteiger partial charge in [-0.05, 0) is 38.0 Å². The highest BCUT2D eigenvalue weighted by molar-refractivity contribution is 5.85. The van der Waals surface area contributed by atoms with Crippen LogP contribution in [0.15, 0.2) is 0 Å². The summed E-state index contributed by atoms with van der Waals surface area (Å²) in [4.78, 5) is 23.9. The Hall–Kier alpha value is -1.06. The largest absolute Gasteiger partial charge is 0.481 e. The average Bonchev–Trinajstić information content (AvgIpc) is 2.89. The second-order valence-corrected chi connectivity index (χ2v) is 6.13. The van der Waals surface area contributed by atoms with Gasteiger partial charge in [-0.3, -0.25) is 9.59 Å². The molecule has 1 saturated carbocycles. The summed E-state index contributed by atoms with van der Waals surface area (Å²) < 4.78 is 0. The van der Waals surface area contributed by atoms with Crippen molar-refractivity contribution in [2.24, 2.45) is 17.8 Å². The van der Waals surface area contributed by atoms with Crippen LogP contribution < -0.4 is 5.32 Å². The maximum Gasteiger partial charge on any atom is 0.307 e. The summed E-state index contributed by atoms with van der Waals surface area (Å²) in [6.07, 6.45) is 4.95.